The van der Waals surface area contributed by atoms with Crippen molar-refractivity contribution in [2.75, 3.05) is 44.2 Å². The van der Waals surface area contributed by atoms with Gasteiger partial charge < -0.3 is 10.2 Å². The van der Waals surface area contributed by atoms with E-state index in [0.717, 1.165) is 38.3 Å². The minimum atomic E-state index is 0.00789. The van der Waals surface area contributed by atoms with Crippen molar-refractivity contribution >= 4 is 11.6 Å². The Labute approximate surface area is 137 Å². The highest BCUT2D eigenvalue weighted by Crippen LogP contribution is 2.15. The average molecular weight is 309 g/mol. The van der Waals surface area contributed by atoms with E-state index in [1.807, 2.05) is 30.3 Å². The summed E-state index contributed by atoms with van der Waals surface area (Å²) in [7, 11) is 0. The van der Waals surface area contributed by atoms with E-state index in [-0.39, 0.29) is 5.91 Å². The third-order valence-electron chi connectivity index (χ3n) is 4.24. The Morgan fingerprint density at radius 3 is 2.13 bits per heavy atom. The van der Waals surface area contributed by atoms with Crippen LogP contribution in [0.3, 0.4) is 0 Å². The Hall–Kier alpha value is -2.33. The monoisotopic (exact) mass is 309 g/mol. The van der Waals surface area contributed by atoms with Gasteiger partial charge in [-0.3, -0.25) is 9.69 Å². The van der Waals surface area contributed by atoms with E-state index < -0.39 is 0 Å². The summed E-state index contributed by atoms with van der Waals surface area (Å²) in [6, 6.07) is 19.9. The summed E-state index contributed by atoms with van der Waals surface area (Å²) >= 11 is 0. The Kier molecular flexibility index (Phi) is 5.27. The van der Waals surface area contributed by atoms with Crippen LogP contribution in [0, 0.1) is 0 Å². The maximum atomic E-state index is 12.0. The highest BCUT2D eigenvalue weighted by atomic mass is 16.1. The summed E-state index contributed by atoms with van der Waals surface area (Å²) < 4.78 is 0. The van der Waals surface area contributed by atoms with Gasteiger partial charge in [-0.2, -0.15) is 0 Å². The zero-order valence-corrected chi connectivity index (χ0v) is 13.3. The second kappa shape index (κ2) is 7.79. The maximum absolute atomic E-state index is 12.0. The van der Waals surface area contributed by atoms with Gasteiger partial charge in [0, 0.05) is 50.5 Å². The van der Waals surface area contributed by atoms with Crippen molar-refractivity contribution in [3.05, 3.63) is 66.2 Å². The maximum Gasteiger partial charge on any atom is 0.251 e. The number of para-hydroxylation sites is 1. The van der Waals surface area contributed by atoms with Crippen LogP contribution in [0.1, 0.15) is 10.4 Å². The quantitative estimate of drug-likeness (QED) is 0.920. The van der Waals surface area contributed by atoms with Gasteiger partial charge in [0.1, 0.15) is 0 Å². The number of piperazine rings is 1. The predicted octanol–water partition coefficient (Wildman–Crippen LogP) is 2.24. The van der Waals surface area contributed by atoms with E-state index in [1.54, 1.807) is 0 Å². The van der Waals surface area contributed by atoms with Crippen molar-refractivity contribution in [2.45, 2.75) is 0 Å². The zero-order valence-electron chi connectivity index (χ0n) is 13.3. The highest BCUT2D eigenvalue weighted by molar-refractivity contribution is 5.94. The molecule has 0 unspecified atom stereocenters. The predicted molar refractivity (Wildman–Crippen MR) is 93.9 cm³/mol. The molecule has 0 atom stereocenters. The van der Waals surface area contributed by atoms with E-state index in [4.69, 9.17) is 0 Å². The van der Waals surface area contributed by atoms with Crippen LogP contribution in [0.25, 0.3) is 0 Å². The molecular weight excluding hydrogens is 286 g/mol. The molecule has 1 N–H and O–H groups in total. The number of hydrogen-bond donors (Lipinski definition) is 1. The van der Waals surface area contributed by atoms with Gasteiger partial charge >= 0.3 is 0 Å². The van der Waals surface area contributed by atoms with Crippen LogP contribution in [0.5, 0.6) is 0 Å². The fourth-order valence-electron chi connectivity index (χ4n) is 2.89. The molecule has 0 saturated carbocycles. The molecule has 1 saturated heterocycles. The molecule has 2 aromatic carbocycles. The van der Waals surface area contributed by atoms with E-state index >= 15 is 0 Å². The van der Waals surface area contributed by atoms with Crippen LogP contribution in [0.2, 0.25) is 0 Å². The number of carbonyl (C=O) groups is 1. The Balaban J connectivity index is 1.39. The summed E-state index contributed by atoms with van der Waals surface area (Å²) in [5.74, 6) is 0.00789. The van der Waals surface area contributed by atoms with Gasteiger partial charge in [0.05, 0.1) is 0 Å². The lowest BCUT2D eigenvalue weighted by Gasteiger charge is -2.36. The smallest absolute Gasteiger partial charge is 0.251 e. The molecule has 1 fully saturated rings. The molecule has 0 aliphatic carbocycles. The second-order valence-electron chi connectivity index (χ2n) is 5.79. The summed E-state index contributed by atoms with van der Waals surface area (Å²) in [4.78, 5) is 16.8. The lowest BCUT2D eigenvalue weighted by atomic mass is 10.2. The van der Waals surface area contributed by atoms with E-state index in [2.05, 4.69) is 45.4 Å². The van der Waals surface area contributed by atoms with Gasteiger partial charge in [0.2, 0.25) is 0 Å². The fraction of sp³-hybridized carbons (Fsp3) is 0.316. The minimum Gasteiger partial charge on any atom is -0.369 e. The molecule has 1 aliphatic rings. The summed E-state index contributed by atoms with van der Waals surface area (Å²) in [6.07, 6.45) is 0. The summed E-state index contributed by atoms with van der Waals surface area (Å²) in [6.45, 7) is 5.75. The van der Waals surface area contributed by atoms with E-state index in [9.17, 15) is 4.79 Å². The molecule has 2 aromatic rings. The third kappa shape index (κ3) is 4.33. The summed E-state index contributed by atoms with van der Waals surface area (Å²) in [5, 5.41) is 2.99. The van der Waals surface area contributed by atoms with Crippen LogP contribution < -0.4 is 10.2 Å². The van der Waals surface area contributed by atoms with Crippen molar-refractivity contribution in [3.8, 4) is 0 Å². The first-order valence-corrected chi connectivity index (χ1v) is 8.18. The summed E-state index contributed by atoms with van der Waals surface area (Å²) in [5.41, 5.74) is 2.02. The third-order valence-corrected chi connectivity index (χ3v) is 4.24. The molecule has 4 heteroatoms. The second-order valence-corrected chi connectivity index (χ2v) is 5.79. The van der Waals surface area contributed by atoms with Crippen LogP contribution in [0.4, 0.5) is 5.69 Å². The molecule has 4 nitrogen and oxygen atoms in total. The molecule has 3 rings (SSSR count). The topological polar surface area (TPSA) is 35.6 Å². The molecule has 1 heterocycles. The van der Waals surface area contributed by atoms with Crippen LogP contribution in [-0.2, 0) is 0 Å². The number of nitrogens with zero attached hydrogens (tertiary/aromatic N) is 2. The van der Waals surface area contributed by atoms with E-state index in [0.29, 0.717) is 6.54 Å². The Bertz CT molecular complexity index is 607. The van der Waals surface area contributed by atoms with Gasteiger partial charge in [0.15, 0.2) is 0 Å². The van der Waals surface area contributed by atoms with Crippen LogP contribution >= 0.6 is 0 Å². The lowest BCUT2D eigenvalue weighted by molar-refractivity contribution is 0.0948. The number of hydrogen-bond acceptors (Lipinski definition) is 3. The molecule has 0 bridgehead atoms. The first-order chi connectivity index (χ1) is 11.3. The number of nitrogens with one attached hydrogen (secondary N) is 1. The van der Waals surface area contributed by atoms with Crippen LogP contribution in [-0.4, -0.2) is 50.1 Å². The SMILES string of the molecule is O=C(NCCN1CCN(c2ccccc2)CC1)c1ccccc1. The average Bonchev–Trinajstić information content (AvgIpc) is 2.64. The van der Waals surface area contributed by atoms with Crippen molar-refractivity contribution in [1.82, 2.24) is 10.2 Å². The molecule has 120 valence electrons. The largest absolute Gasteiger partial charge is 0.369 e. The van der Waals surface area contributed by atoms with Gasteiger partial charge in [0.25, 0.3) is 5.91 Å². The van der Waals surface area contributed by atoms with Crippen LogP contribution in [0.15, 0.2) is 60.7 Å². The lowest BCUT2D eigenvalue weighted by Crippen LogP contribution is -2.48. The molecule has 1 aliphatic heterocycles. The number of carbonyl (C=O) groups excluding carboxylic acids is 1. The van der Waals surface area contributed by atoms with Crippen molar-refractivity contribution in [1.29, 1.82) is 0 Å². The molecule has 23 heavy (non-hydrogen) atoms. The number of anilines is 1. The fourth-order valence-corrected chi connectivity index (χ4v) is 2.89. The van der Waals surface area contributed by atoms with Crippen molar-refractivity contribution in [2.24, 2.45) is 0 Å². The standard InChI is InChI=1S/C19H23N3O/c23-19(17-7-3-1-4-8-17)20-11-12-21-13-15-22(16-14-21)18-9-5-2-6-10-18/h1-10H,11-16H2,(H,20,23). The number of benzene rings is 2. The van der Waals surface area contributed by atoms with Gasteiger partial charge in [-0.25, -0.2) is 0 Å². The normalized spacial score (nSPS) is 15.4. The van der Waals surface area contributed by atoms with Gasteiger partial charge in [-0.15, -0.1) is 0 Å². The molecule has 0 spiro atoms. The first kappa shape index (κ1) is 15.6. The number of amides is 1. The minimum absolute atomic E-state index is 0.00789. The molecule has 0 radical (unpaired) electrons. The van der Waals surface area contributed by atoms with Crippen molar-refractivity contribution in [3.63, 3.8) is 0 Å². The van der Waals surface area contributed by atoms with Gasteiger partial charge in [-0.05, 0) is 24.3 Å². The Morgan fingerprint density at radius 1 is 0.870 bits per heavy atom. The van der Waals surface area contributed by atoms with Gasteiger partial charge in [-0.1, -0.05) is 36.4 Å². The molecular formula is C19H23N3O. The molecule has 0 aromatic heterocycles. The Morgan fingerprint density at radius 2 is 1.48 bits per heavy atom. The first-order valence-electron chi connectivity index (χ1n) is 8.18. The highest BCUT2D eigenvalue weighted by Gasteiger charge is 2.16. The van der Waals surface area contributed by atoms with E-state index in [1.165, 1.54) is 5.69 Å². The number of rotatable bonds is 5. The zero-order chi connectivity index (χ0) is 15.9. The molecule has 1 amide bonds. The van der Waals surface area contributed by atoms with Crippen molar-refractivity contribution < 1.29 is 4.79 Å².